The number of hydrogen-bond acceptors (Lipinski definition) is 4. The molecule has 0 saturated heterocycles. The SMILES string of the molecule is C/C=C\c1cc(C(=O)OC(C)(C)C)ccc1C(=O)OC(C)(C)C. The third-order valence-electron chi connectivity index (χ3n) is 2.65. The summed E-state index contributed by atoms with van der Waals surface area (Å²) in [5.41, 5.74) is 0.311. The molecule has 4 heteroatoms. The molecular formula is C19H26O4. The van der Waals surface area contributed by atoms with Gasteiger partial charge in [-0.15, -0.1) is 0 Å². The number of carbonyl (C=O) groups is 2. The first-order valence-electron chi connectivity index (χ1n) is 7.66. The molecule has 0 aliphatic rings. The Morgan fingerprint density at radius 1 is 0.913 bits per heavy atom. The molecule has 0 saturated carbocycles. The van der Waals surface area contributed by atoms with Crippen LogP contribution < -0.4 is 0 Å². The minimum Gasteiger partial charge on any atom is -0.456 e. The van der Waals surface area contributed by atoms with Gasteiger partial charge in [-0.05, 0) is 72.2 Å². The van der Waals surface area contributed by atoms with Crippen LogP contribution in [0.15, 0.2) is 24.3 Å². The van der Waals surface area contributed by atoms with Gasteiger partial charge in [-0.1, -0.05) is 12.2 Å². The van der Waals surface area contributed by atoms with E-state index in [0.717, 1.165) is 0 Å². The van der Waals surface area contributed by atoms with Gasteiger partial charge >= 0.3 is 11.9 Å². The molecule has 0 atom stereocenters. The van der Waals surface area contributed by atoms with Crippen molar-refractivity contribution >= 4 is 18.0 Å². The van der Waals surface area contributed by atoms with Crippen LogP contribution in [0.3, 0.4) is 0 Å². The zero-order valence-electron chi connectivity index (χ0n) is 15.0. The summed E-state index contributed by atoms with van der Waals surface area (Å²) in [6.07, 6.45) is 3.58. The lowest BCUT2D eigenvalue weighted by atomic mass is 10.0. The molecule has 0 amide bonds. The molecule has 0 aliphatic carbocycles. The van der Waals surface area contributed by atoms with Crippen molar-refractivity contribution in [3.63, 3.8) is 0 Å². The second-order valence-corrected chi connectivity index (χ2v) is 7.31. The van der Waals surface area contributed by atoms with Crippen LogP contribution >= 0.6 is 0 Å². The maximum atomic E-state index is 12.3. The topological polar surface area (TPSA) is 52.6 Å². The maximum Gasteiger partial charge on any atom is 0.339 e. The highest BCUT2D eigenvalue weighted by Gasteiger charge is 2.22. The quantitative estimate of drug-likeness (QED) is 0.762. The molecule has 0 spiro atoms. The number of carbonyl (C=O) groups excluding carboxylic acids is 2. The number of esters is 2. The molecule has 0 aliphatic heterocycles. The zero-order valence-corrected chi connectivity index (χ0v) is 15.0. The number of ether oxygens (including phenoxy) is 2. The molecule has 1 rings (SSSR count). The summed E-state index contributed by atoms with van der Waals surface area (Å²) in [6.45, 7) is 12.7. The predicted molar refractivity (Wildman–Crippen MR) is 91.5 cm³/mol. The van der Waals surface area contributed by atoms with Crippen LogP contribution in [0.4, 0.5) is 0 Å². The molecule has 0 unspecified atom stereocenters. The van der Waals surface area contributed by atoms with Crippen molar-refractivity contribution in [2.24, 2.45) is 0 Å². The third-order valence-corrected chi connectivity index (χ3v) is 2.65. The van der Waals surface area contributed by atoms with Crippen molar-refractivity contribution in [1.82, 2.24) is 0 Å². The minimum atomic E-state index is -0.575. The average Bonchev–Trinajstić information content (AvgIpc) is 2.34. The molecule has 0 N–H and O–H groups in total. The Bertz CT molecular complexity index is 613. The van der Waals surface area contributed by atoms with E-state index in [2.05, 4.69) is 0 Å². The van der Waals surface area contributed by atoms with Gasteiger partial charge in [-0.3, -0.25) is 0 Å². The van der Waals surface area contributed by atoms with Crippen LogP contribution in [-0.4, -0.2) is 23.1 Å². The first kappa shape index (κ1) is 18.9. The van der Waals surface area contributed by atoms with Gasteiger partial charge in [0.2, 0.25) is 0 Å². The third kappa shape index (κ3) is 6.27. The maximum absolute atomic E-state index is 12.3. The van der Waals surface area contributed by atoms with Crippen molar-refractivity contribution in [2.75, 3.05) is 0 Å². The summed E-state index contributed by atoms with van der Waals surface area (Å²) in [4.78, 5) is 24.5. The van der Waals surface area contributed by atoms with E-state index in [9.17, 15) is 9.59 Å². The zero-order chi connectivity index (χ0) is 17.8. The lowest BCUT2D eigenvalue weighted by molar-refractivity contribution is 0.00516. The fraction of sp³-hybridized carbons (Fsp3) is 0.474. The van der Waals surface area contributed by atoms with Crippen molar-refractivity contribution < 1.29 is 19.1 Å². The van der Waals surface area contributed by atoms with E-state index < -0.39 is 23.1 Å². The largest absolute Gasteiger partial charge is 0.456 e. The average molecular weight is 318 g/mol. The Kier molecular flexibility index (Phi) is 5.75. The van der Waals surface area contributed by atoms with Gasteiger partial charge in [-0.2, -0.15) is 0 Å². The lowest BCUT2D eigenvalue weighted by Crippen LogP contribution is -2.25. The number of allylic oxidation sites excluding steroid dienone is 1. The fourth-order valence-electron chi connectivity index (χ4n) is 1.86. The summed E-state index contributed by atoms with van der Waals surface area (Å²) in [5, 5.41) is 0. The van der Waals surface area contributed by atoms with E-state index in [1.807, 2.05) is 54.5 Å². The predicted octanol–water partition coefficient (Wildman–Crippen LogP) is 4.63. The van der Waals surface area contributed by atoms with E-state index in [-0.39, 0.29) is 0 Å². The molecule has 0 radical (unpaired) electrons. The van der Waals surface area contributed by atoms with Crippen LogP contribution in [-0.2, 0) is 9.47 Å². The molecule has 126 valence electrons. The Hall–Kier alpha value is -2.10. The normalized spacial score (nSPS) is 12.3. The Labute approximate surface area is 138 Å². The van der Waals surface area contributed by atoms with Gasteiger partial charge in [0.05, 0.1) is 11.1 Å². The Balaban J connectivity index is 3.17. The van der Waals surface area contributed by atoms with Crippen LogP contribution in [0.5, 0.6) is 0 Å². The second-order valence-electron chi connectivity index (χ2n) is 7.31. The molecular weight excluding hydrogens is 292 g/mol. The summed E-state index contributed by atoms with van der Waals surface area (Å²) >= 11 is 0. The molecule has 1 aromatic carbocycles. The van der Waals surface area contributed by atoms with E-state index in [0.29, 0.717) is 16.7 Å². The van der Waals surface area contributed by atoms with E-state index in [4.69, 9.17) is 9.47 Å². The number of benzene rings is 1. The van der Waals surface area contributed by atoms with Crippen LogP contribution in [0.1, 0.15) is 74.7 Å². The summed E-state index contributed by atoms with van der Waals surface area (Å²) in [6, 6.07) is 4.83. The van der Waals surface area contributed by atoms with Crippen molar-refractivity contribution in [2.45, 2.75) is 59.7 Å². The van der Waals surface area contributed by atoms with Crippen LogP contribution in [0.2, 0.25) is 0 Å². The number of rotatable bonds is 3. The number of hydrogen-bond donors (Lipinski definition) is 0. The second kappa shape index (κ2) is 6.99. The Morgan fingerprint density at radius 2 is 1.43 bits per heavy atom. The summed E-state index contributed by atoms with van der Waals surface area (Å²) in [5.74, 6) is -0.833. The van der Waals surface area contributed by atoms with E-state index in [1.165, 1.54) is 0 Å². The summed E-state index contributed by atoms with van der Waals surface area (Å²) < 4.78 is 10.8. The van der Waals surface area contributed by atoms with E-state index in [1.54, 1.807) is 24.3 Å². The molecule has 0 fully saturated rings. The van der Waals surface area contributed by atoms with E-state index >= 15 is 0 Å². The smallest absolute Gasteiger partial charge is 0.339 e. The standard InChI is InChI=1S/C19H26O4/c1-8-9-13-12-14(16(20)22-18(2,3)4)10-11-15(13)17(21)23-19(5,6)7/h8-12H,1-7H3/b9-8-. The fourth-order valence-corrected chi connectivity index (χ4v) is 1.86. The highest BCUT2D eigenvalue weighted by Crippen LogP contribution is 2.20. The monoisotopic (exact) mass is 318 g/mol. The van der Waals surface area contributed by atoms with Gasteiger partial charge in [-0.25, -0.2) is 9.59 Å². The van der Waals surface area contributed by atoms with Gasteiger partial charge in [0, 0.05) is 0 Å². The highest BCUT2D eigenvalue weighted by atomic mass is 16.6. The van der Waals surface area contributed by atoms with Crippen molar-refractivity contribution in [1.29, 1.82) is 0 Å². The first-order valence-corrected chi connectivity index (χ1v) is 7.66. The van der Waals surface area contributed by atoms with Crippen LogP contribution in [0.25, 0.3) is 6.08 Å². The van der Waals surface area contributed by atoms with Gasteiger partial charge in [0.1, 0.15) is 11.2 Å². The Morgan fingerprint density at radius 3 is 1.91 bits per heavy atom. The highest BCUT2D eigenvalue weighted by molar-refractivity contribution is 5.97. The molecule has 23 heavy (non-hydrogen) atoms. The van der Waals surface area contributed by atoms with Crippen LogP contribution in [0, 0.1) is 0 Å². The van der Waals surface area contributed by atoms with Gasteiger partial charge in [0.25, 0.3) is 0 Å². The van der Waals surface area contributed by atoms with Crippen molar-refractivity contribution in [3.05, 3.63) is 41.0 Å². The van der Waals surface area contributed by atoms with Crippen molar-refractivity contribution in [3.8, 4) is 0 Å². The lowest BCUT2D eigenvalue weighted by Gasteiger charge is -2.21. The molecule has 1 aromatic rings. The minimum absolute atomic E-state index is 0.403. The molecule has 0 aromatic heterocycles. The molecule has 0 heterocycles. The first-order chi connectivity index (χ1) is 10.4. The molecule has 0 bridgehead atoms. The van der Waals surface area contributed by atoms with Gasteiger partial charge < -0.3 is 9.47 Å². The molecule has 4 nitrogen and oxygen atoms in total. The van der Waals surface area contributed by atoms with Gasteiger partial charge in [0.15, 0.2) is 0 Å². The summed E-state index contributed by atoms with van der Waals surface area (Å²) in [7, 11) is 0.